The molecule has 0 aliphatic carbocycles. The lowest BCUT2D eigenvalue weighted by Gasteiger charge is -2.26. The number of esters is 1. The molecule has 2 aromatic carbocycles. The molecule has 3 aromatic rings. The maximum Gasteiger partial charge on any atom is 0.349 e. The Morgan fingerprint density at radius 2 is 1.75 bits per heavy atom. The summed E-state index contributed by atoms with van der Waals surface area (Å²) in [7, 11) is 0. The zero-order valence-corrected chi connectivity index (χ0v) is 18.8. The van der Waals surface area contributed by atoms with E-state index < -0.39 is 5.97 Å². The number of benzene rings is 2. The number of carbonyl (C=O) groups is 2. The average molecular weight is 451 g/mol. The van der Waals surface area contributed by atoms with Gasteiger partial charge in [0.05, 0.1) is 13.2 Å². The Morgan fingerprint density at radius 1 is 1.03 bits per heavy atom. The van der Waals surface area contributed by atoms with Gasteiger partial charge in [-0.25, -0.2) is 4.79 Å². The van der Waals surface area contributed by atoms with Crippen molar-refractivity contribution < 1.29 is 19.1 Å². The second kappa shape index (κ2) is 10.5. The van der Waals surface area contributed by atoms with Gasteiger partial charge in [0.2, 0.25) is 0 Å². The van der Waals surface area contributed by atoms with Crippen LogP contribution in [0.3, 0.4) is 0 Å². The third-order valence-electron chi connectivity index (χ3n) is 5.30. The van der Waals surface area contributed by atoms with Gasteiger partial charge >= 0.3 is 5.97 Å². The van der Waals surface area contributed by atoms with Crippen LogP contribution in [0.5, 0.6) is 0 Å². The Balaban J connectivity index is 1.28. The van der Waals surface area contributed by atoms with Crippen LogP contribution in [0.1, 0.15) is 20.8 Å². The lowest BCUT2D eigenvalue weighted by Crippen LogP contribution is -2.35. The van der Waals surface area contributed by atoms with Crippen molar-refractivity contribution in [2.45, 2.75) is 13.5 Å². The molecule has 0 spiro atoms. The van der Waals surface area contributed by atoms with E-state index in [4.69, 9.17) is 9.47 Å². The van der Waals surface area contributed by atoms with Crippen molar-refractivity contribution in [3.63, 3.8) is 0 Å². The summed E-state index contributed by atoms with van der Waals surface area (Å²) in [5, 5.41) is 4.63. The molecule has 7 heteroatoms. The Morgan fingerprint density at radius 3 is 2.47 bits per heavy atom. The number of nitrogens with one attached hydrogen (secondary N) is 1. The first-order chi connectivity index (χ1) is 15.6. The third kappa shape index (κ3) is 5.82. The molecule has 1 aromatic heterocycles. The van der Waals surface area contributed by atoms with Crippen molar-refractivity contribution in [3.05, 3.63) is 76.0 Å². The molecule has 0 unspecified atom stereocenters. The molecular formula is C25H26N2O4S. The van der Waals surface area contributed by atoms with Crippen molar-refractivity contribution in [2.75, 3.05) is 38.2 Å². The van der Waals surface area contributed by atoms with Gasteiger partial charge in [0.1, 0.15) is 4.88 Å². The van der Waals surface area contributed by atoms with E-state index in [1.807, 2.05) is 66.9 Å². The van der Waals surface area contributed by atoms with Crippen LogP contribution in [0.4, 0.5) is 5.69 Å². The first-order valence-corrected chi connectivity index (χ1v) is 11.5. The lowest BCUT2D eigenvalue weighted by atomic mass is 10.1. The summed E-state index contributed by atoms with van der Waals surface area (Å²) in [6.45, 7) is 5.94. The minimum Gasteiger partial charge on any atom is -0.451 e. The van der Waals surface area contributed by atoms with Gasteiger partial charge in [-0.2, -0.15) is 0 Å². The highest BCUT2D eigenvalue weighted by atomic mass is 32.1. The number of hydrogen-bond donors (Lipinski definition) is 1. The first kappa shape index (κ1) is 22.2. The van der Waals surface area contributed by atoms with Gasteiger partial charge in [0.15, 0.2) is 6.61 Å². The van der Waals surface area contributed by atoms with E-state index in [0.29, 0.717) is 10.6 Å². The zero-order valence-electron chi connectivity index (χ0n) is 18.0. The van der Waals surface area contributed by atoms with E-state index in [2.05, 4.69) is 10.2 Å². The highest BCUT2D eigenvalue weighted by Crippen LogP contribution is 2.29. The fourth-order valence-electron chi connectivity index (χ4n) is 3.53. The number of thiophene rings is 1. The smallest absolute Gasteiger partial charge is 0.349 e. The van der Waals surface area contributed by atoms with Gasteiger partial charge in [0, 0.05) is 30.9 Å². The zero-order chi connectivity index (χ0) is 22.3. The Labute approximate surface area is 191 Å². The van der Waals surface area contributed by atoms with Gasteiger partial charge in [-0.1, -0.05) is 42.0 Å². The Hall–Kier alpha value is -3.00. The fourth-order valence-corrected chi connectivity index (χ4v) is 4.34. The Bertz CT molecular complexity index is 1050. The number of amides is 1. The van der Waals surface area contributed by atoms with E-state index >= 15 is 0 Å². The van der Waals surface area contributed by atoms with E-state index in [9.17, 15) is 9.59 Å². The topological polar surface area (TPSA) is 67.9 Å². The number of carbonyl (C=O) groups excluding carboxylic acids is 2. The van der Waals surface area contributed by atoms with Crippen molar-refractivity contribution in [1.29, 1.82) is 0 Å². The molecule has 166 valence electrons. The normalized spacial score (nSPS) is 14.2. The van der Waals surface area contributed by atoms with E-state index in [-0.39, 0.29) is 12.5 Å². The minimum atomic E-state index is -0.494. The minimum absolute atomic E-state index is 0.334. The van der Waals surface area contributed by atoms with Crippen molar-refractivity contribution in [1.82, 2.24) is 4.90 Å². The molecule has 0 atom stereocenters. The average Bonchev–Trinajstić information content (AvgIpc) is 3.30. The van der Waals surface area contributed by atoms with Gasteiger partial charge in [-0.05, 0) is 41.6 Å². The third-order valence-corrected chi connectivity index (χ3v) is 6.19. The highest BCUT2D eigenvalue weighted by Gasteiger charge is 2.17. The molecule has 1 N–H and O–H groups in total. The molecule has 2 heterocycles. The summed E-state index contributed by atoms with van der Waals surface area (Å²) in [5.41, 5.74) is 4.77. The van der Waals surface area contributed by atoms with Crippen LogP contribution in [0.15, 0.2) is 60.0 Å². The first-order valence-electron chi connectivity index (χ1n) is 10.6. The summed E-state index contributed by atoms with van der Waals surface area (Å²) in [5.74, 6) is -0.862. The second-order valence-electron chi connectivity index (χ2n) is 7.74. The largest absolute Gasteiger partial charge is 0.451 e. The van der Waals surface area contributed by atoms with Crippen LogP contribution >= 0.6 is 11.3 Å². The number of rotatable bonds is 7. The summed E-state index contributed by atoms with van der Waals surface area (Å²) in [4.78, 5) is 27.7. The lowest BCUT2D eigenvalue weighted by molar-refractivity contribution is -0.119. The van der Waals surface area contributed by atoms with Gasteiger partial charge < -0.3 is 14.8 Å². The maximum absolute atomic E-state index is 12.6. The SMILES string of the molecule is Cc1ccc(-c2ccsc2C(=O)OCC(=O)Nc2ccc(CN3CCOCC3)cc2)cc1. The van der Waals surface area contributed by atoms with Crippen molar-refractivity contribution in [2.24, 2.45) is 0 Å². The van der Waals surface area contributed by atoms with Crippen molar-refractivity contribution >= 4 is 28.9 Å². The van der Waals surface area contributed by atoms with Crippen LogP contribution in [-0.4, -0.2) is 49.7 Å². The molecule has 1 fully saturated rings. The van der Waals surface area contributed by atoms with Gasteiger partial charge in [0.25, 0.3) is 5.91 Å². The number of anilines is 1. The molecule has 32 heavy (non-hydrogen) atoms. The number of ether oxygens (including phenoxy) is 2. The number of hydrogen-bond acceptors (Lipinski definition) is 6. The number of morpholine rings is 1. The predicted octanol–water partition coefficient (Wildman–Crippen LogP) is 4.35. The van der Waals surface area contributed by atoms with Crippen LogP contribution in [0.25, 0.3) is 11.1 Å². The Kier molecular flexibility index (Phi) is 7.32. The molecule has 1 amide bonds. The van der Waals surface area contributed by atoms with Gasteiger partial charge in [-0.3, -0.25) is 9.69 Å². The van der Waals surface area contributed by atoms with E-state index in [1.165, 1.54) is 16.9 Å². The number of nitrogens with zero attached hydrogens (tertiary/aromatic N) is 1. The molecule has 1 saturated heterocycles. The van der Waals surface area contributed by atoms with Crippen LogP contribution in [0, 0.1) is 6.92 Å². The molecular weight excluding hydrogens is 424 g/mol. The molecule has 1 aliphatic heterocycles. The van der Waals surface area contributed by atoms with Crippen molar-refractivity contribution in [3.8, 4) is 11.1 Å². The summed E-state index contributed by atoms with van der Waals surface area (Å²) >= 11 is 1.31. The fraction of sp³-hybridized carbons (Fsp3) is 0.280. The molecule has 0 bridgehead atoms. The maximum atomic E-state index is 12.6. The van der Waals surface area contributed by atoms with Crippen LogP contribution in [-0.2, 0) is 20.8 Å². The summed E-state index contributed by atoms with van der Waals surface area (Å²) in [6, 6.07) is 17.6. The molecule has 4 rings (SSSR count). The van der Waals surface area contributed by atoms with E-state index in [0.717, 1.165) is 49.5 Å². The quantitative estimate of drug-likeness (QED) is 0.542. The molecule has 6 nitrogen and oxygen atoms in total. The molecule has 0 radical (unpaired) electrons. The predicted molar refractivity (Wildman–Crippen MR) is 126 cm³/mol. The second-order valence-corrected chi connectivity index (χ2v) is 8.66. The van der Waals surface area contributed by atoms with Crippen LogP contribution in [0.2, 0.25) is 0 Å². The summed E-state index contributed by atoms with van der Waals surface area (Å²) in [6.07, 6.45) is 0. The number of aryl methyl sites for hydroxylation is 1. The molecule has 1 aliphatic rings. The van der Waals surface area contributed by atoms with Gasteiger partial charge in [-0.15, -0.1) is 11.3 Å². The van der Waals surface area contributed by atoms with Crippen LogP contribution < -0.4 is 5.32 Å². The van der Waals surface area contributed by atoms with E-state index in [1.54, 1.807) is 0 Å². The standard InChI is InChI=1S/C25H26N2O4S/c1-18-2-6-20(7-3-18)22-10-15-32-24(22)25(29)31-17-23(28)26-21-8-4-19(5-9-21)16-27-11-13-30-14-12-27/h2-10,15H,11-14,16-17H2,1H3,(H,26,28). The summed E-state index contributed by atoms with van der Waals surface area (Å²) < 4.78 is 10.6. The molecule has 0 saturated carbocycles. The monoisotopic (exact) mass is 450 g/mol. The highest BCUT2D eigenvalue weighted by molar-refractivity contribution is 7.12.